The fraction of sp³-hybridized carbons (Fsp3) is 0.613. The second kappa shape index (κ2) is 20.0. The van der Waals surface area contributed by atoms with Crippen molar-refractivity contribution in [3.05, 3.63) is 48.5 Å². The Morgan fingerprint density at radius 2 is 1.03 bits per heavy atom. The van der Waals surface area contributed by atoms with Crippen molar-refractivity contribution in [3.8, 4) is 22.6 Å². The van der Waals surface area contributed by atoms with Gasteiger partial charge in [0.05, 0.1) is 26.4 Å². The fourth-order valence-corrected chi connectivity index (χ4v) is 4.11. The van der Waals surface area contributed by atoms with Crippen LogP contribution in [0.4, 0.5) is 0 Å². The van der Waals surface area contributed by atoms with E-state index < -0.39 is 6.10 Å². The van der Waals surface area contributed by atoms with Crippen LogP contribution in [0.5, 0.6) is 11.5 Å². The molecule has 0 fully saturated rings. The summed E-state index contributed by atoms with van der Waals surface area (Å²) in [4.78, 5) is 0. The number of rotatable bonds is 22. The van der Waals surface area contributed by atoms with Crippen LogP contribution in [0.3, 0.4) is 0 Å². The first-order valence-electron chi connectivity index (χ1n) is 14.1. The zero-order valence-corrected chi connectivity index (χ0v) is 22.3. The molecule has 0 aliphatic carbocycles. The Bertz CT molecular complexity index is 760. The predicted octanol–water partition coefficient (Wildman–Crippen LogP) is 7.18. The molecule has 2 N–H and O–H groups in total. The summed E-state index contributed by atoms with van der Waals surface area (Å²) in [6, 6.07) is 16.2. The van der Waals surface area contributed by atoms with E-state index in [1.807, 2.05) is 36.4 Å². The lowest BCUT2D eigenvalue weighted by Crippen LogP contribution is -2.21. The van der Waals surface area contributed by atoms with E-state index in [0.29, 0.717) is 13.2 Å². The van der Waals surface area contributed by atoms with Crippen molar-refractivity contribution in [3.63, 3.8) is 0 Å². The highest BCUT2D eigenvalue weighted by Crippen LogP contribution is 2.25. The normalized spacial score (nSPS) is 12.0. The van der Waals surface area contributed by atoms with Crippen molar-refractivity contribution in [2.75, 3.05) is 33.0 Å². The molecule has 0 amide bonds. The molecule has 0 saturated heterocycles. The maximum Gasteiger partial charge on any atom is 0.119 e. The van der Waals surface area contributed by atoms with E-state index in [1.165, 1.54) is 70.6 Å². The molecule has 36 heavy (non-hydrogen) atoms. The van der Waals surface area contributed by atoms with Gasteiger partial charge < -0.3 is 24.4 Å². The van der Waals surface area contributed by atoms with Crippen molar-refractivity contribution < 1.29 is 24.4 Å². The van der Waals surface area contributed by atoms with Crippen molar-refractivity contribution in [1.29, 1.82) is 0 Å². The van der Waals surface area contributed by atoms with Crippen LogP contribution in [-0.2, 0) is 4.74 Å². The van der Waals surface area contributed by atoms with Crippen LogP contribution in [-0.4, -0.2) is 49.4 Å². The summed E-state index contributed by atoms with van der Waals surface area (Å²) in [6.45, 7) is 3.62. The standard InChI is InChI=1S/C31H48O5/c1-2-3-4-5-6-7-8-9-10-11-12-13-22-35-30-18-14-27(15-19-30)28-16-20-31(21-17-28)36-24-23-34-26-29(33)25-32/h14-21,29,32-33H,2-13,22-26H2,1H3. The van der Waals surface area contributed by atoms with Gasteiger partial charge in [-0.15, -0.1) is 0 Å². The SMILES string of the molecule is CCCCCCCCCCCCCCOc1ccc(-c2ccc(OCCOCC(O)CO)cc2)cc1. The first-order chi connectivity index (χ1) is 17.7. The van der Waals surface area contributed by atoms with E-state index in [0.717, 1.165) is 35.7 Å². The molecule has 2 aromatic rings. The maximum atomic E-state index is 9.23. The number of aliphatic hydroxyl groups excluding tert-OH is 2. The molecule has 2 rings (SSSR count). The third-order valence-corrected chi connectivity index (χ3v) is 6.33. The first kappa shape index (κ1) is 30.1. The summed E-state index contributed by atoms with van der Waals surface area (Å²) in [6.07, 6.45) is 15.4. The molecule has 0 radical (unpaired) electrons. The smallest absolute Gasteiger partial charge is 0.119 e. The second-order valence-electron chi connectivity index (χ2n) is 9.55. The topological polar surface area (TPSA) is 68.2 Å². The Kier molecular flexibility index (Phi) is 16.8. The largest absolute Gasteiger partial charge is 0.494 e. The molecule has 5 heteroatoms. The van der Waals surface area contributed by atoms with Gasteiger partial charge in [0.15, 0.2) is 0 Å². The fourth-order valence-electron chi connectivity index (χ4n) is 4.11. The van der Waals surface area contributed by atoms with Crippen LogP contribution in [0.1, 0.15) is 84.0 Å². The van der Waals surface area contributed by atoms with Gasteiger partial charge in [-0.05, 0) is 41.8 Å². The molecule has 0 saturated carbocycles. The Hall–Kier alpha value is -2.08. The molecule has 0 heterocycles. The molecule has 1 unspecified atom stereocenters. The lowest BCUT2D eigenvalue weighted by molar-refractivity contribution is -0.00138. The summed E-state index contributed by atoms with van der Waals surface area (Å²) >= 11 is 0. The second-order valence-corrected chi connectivity index (χ2v) is 9.55. The van der Waals surface area contributed by atoms with Crippen molar-refractivity contribution in [2.45, 2.75) is 90.1 Å². The zero-order chi connectivity index (χ0) is 25.7. The van der Waals surface area contributed by atoms with E-state index in [2.05, 4.69) is 19.1 Å². The molecule has 2 aromatic carbocycles. The lowest BCUT2D eigenvalue weighted by atomic mass is 10.1. The molecule has 1 atom stereocenters. The van der Waals surface area contributed by atoms with Gasteiger partial charge in [0.2, 0.25) is 0 Å². The predicted molar refractivity (Wildman–Crippen MR) is 148 cm³/mol. The van der Waals surface area contributed by atoms with Crippen LogP contribution >= 0.6 is 0 Å². The van der Waals surface area contributed by atoms with Crippen LogP contribution in [0.15, 0.2) is 48.5 Å². The van der Waals surface area contributed by atoms with Gasteiger partial charge in [-0.1, -0.05) is 102 Å². The summed E-state index contributed by atoms with van der Waals surface area (Å²) in [7, 11) is 0. The average molecular weight is 501 g/mol. The third kappa shape index (κ3) is 13.9. The molecule has 0 bridgehead atoms. The minimum Gasteiger partial charge on any atom is -0.494 e. The molecule has 0 aliphatic rings. The number of aliphatic hydroxyl groups is 2. The van der Waals surface area contributed by atoms with E-state index in [4.69, 9.17) is 19.3 Å². The highest BCUT2D eigenvalue weighted by Gasteiger charge is 2.03. The maximum absolute atomic E-state index is 9.23. The quantitative estimate of drug-likeness (QED) is 0.168. The Morgan fingerprint density at radius 1 is 0.583 bits per heavy atom. The summed E-state index contributed by atoms with van der Waals surface area (Å²) in [5.41, 5.74) is 2.26. The Morgan fingerprint density at radius 3 is 1.50 bits per heavy atom. The van der Waals surface area contributed by atoms with E-state index >= 15 is 0 Å². The van der Waals surface area contributed by atoms with Gasteiger partial charge in [-0.25, -0.2) is 0 Å². The van der Waals surface area contributed by atoms with E-state index in [1.54, 1.807) is 0 Å². The van der Waals surface area contributed by atoms with Crippen LogP contribution in [0, 0.1) is 0 Å². The monoisotopic (exact) mass is 500 g/mol. The molecule has 0 spiro atoms. The highest BCUT2D eigenvalue weighted by atomic mass is 16.5. The van der Waals surface area contributed by atoms with Gasteiger partial charge in [-0.2, -0.15) is 0 Å². The first-order valence-corrected chi connectivity index (χ1v) is 14.1. The van der Waals surface area contributed by atoms with E-state index in [-0.39, 0.29) is 13.2 Å². The van der Waals surface area contributed by atoms with Gasteiger partial charge in [0.25, 0.3) is 0 Å². The number of benzene rings is 2. The van der Waals surface area contributed by atoms with Crippen molar-refractivity contribution in [1.82, 2.24) is 0 Å². The van der Waals surface area contributed by atoms with Crippen LogP contribution < -0.4 is 9.47 Å². The molecule has 0 aliphatic heterocycles. The lowest BCUT2D eigenvalue weighted by Gasteiger charge is -2.10. The van der Waals surface area contributed by atoms with Gasteiger partial charge in [0, 0.05) is 0 Å². The summed E-state index contributed by atoms with van der Waals surface area (Å²) in [5.74, 6) is 1.69. The Labute approximate surface area is 218 Å². The molecule has 0 aromatic heterocycles. The third-order valence-electron chi connectivity index (χ3n) is 6.33. The van der Waals surface area contributed by atoms with E-state index in [9.17, 15) is 5.11 Å². The number of hydrogen-bond donors (Lipinski definition) is 2. The average Bonchev–Trinajstić information content (AvgIpc) is 2.91. The summed E-state index contributed by atoms with van der Waals surface area (Å²) in [5, 5.41) is 18.0. The van der Waals surface area contributed by atoms with Crippen molar-refractivity contribution in [2.24, 2.45) is 0 Å². The van der Waals surface area contributed by atoms with Crippen LogP contribution in [0.25, 0.3) is 11.1 Å². The number of hydrogen-bond acceptors (Lipinski definition) is 5. The van der Waals surface area contributed by atoms with Gasteiger partial charge in [-0.3, -0.25) is 0 Å². The number of unbranched alkanes of at least 4 members (excludes halogenated alkanes) is 11. The molecular formula is C31H48O5. The highest BCUT2D eigenvalue weighted by molar-refractivity contribution is 5.64. The molecule has 5 nitrogen and oxygen atoms in total. The van der Waals surface area contributed by atoms with Gasteiger partial charge in [0.1, 0.15) is 24.2 Å². The molecule has 202 valence electrons. The van der Waals surface area contributed by atoms with Crippen molar-refractivity contribution >= 4 is 0 Å². The minimum absolute atomic E-state index is 0.109. The summed E-state index contributed by atoms with van der Waals surface area (Å²) < 4.78 is 16.8. The van der Waals surface area contributed by atoms with Gasteiger partial charge >= 0.3 is 0 Å². The van der Waals surface area contributed by atoms with Crippen LogP contribution in [0.2, 0.25) is 0 Å². The minimum atomic E-state index is -0.838. The zero-order valence-electron chi connectivity index (χ0n) is 22.3. The number of ether oxygens (including phenoxy) is 3. The molecular weight excluding hydrogens is 452 g/mol. The Balaban J connectivity index is 1.52.